The first-order chi connectivity index (χ1) is 9.70. The van der Waals surface area contributed by atoms with E-state index >= 15 is 0 Å². The molecule has 1 heterocycles. The van der Waals surface area contributed by atoms with Crippen molar-refractivity contribution < 1.29 is 14.6 Å². The topological polar surface area (TPSA) is 64.7 Å². The van der Waals surface area contributed by atoms with E-state index in [1.54, 1.807) is 11.8 Å². The minimum absolute atomic E-state index is 0.0294. The fraction of sp³-hybridized carbons (Fsp3) is 0.600. The fourth-order valence-corrected chi connectivity index (χ4v) is 3.04. The Kier molecular flexibility index (Phi) is 6.01. The van der Waals surface area contributed by atoms with Crippen LogP contribution in [0.5, 0.6) is 11.5 Å². The number of aliphatic hydroxyl groups is 1. The maximum Gasteiger partial charge on any atom is 0.161 e. The summed E-state index contributed by atoms with van der Waals surface area (Å²) in [5.41, 5.74) is 7.30. The molecular weight excluding hydrogens is 274 g/mol. The van der Waals surface area contributed by atoms with Crippen molar-refractivity contribution in [2.75, 3.05) is 25.6 Å². The highest BCUT2D eigenvalue weighted by molar-refractivity contribution is 7.99. The third-order valence-corrected chi connectivity index (χ3v) is 4.65. The number of hydrogen-bond acceptors (Lipinski definition) is 5. The minimum atomic E-state index is -0.0294. The summed E-state index contributed by atoms with van der Waals surface area (Å²) in [7, 11) is 0. The number of ether oxygens (including phenoxy) is 2. The van der Waals surface area contributed by atoms with Gasteiger partial charge >= 0.3 is 0 Å². The van der Waals surface area contributed by atoms with Gasteiger partial charge in [0.25, 0.3) is 0 Å². The second kappa shape index (κ2) is 7.76. The highest BCUT2D eigenvalue weighted by atomic mass is 32.2. The number of aliphatic hydroxyl groups excluding tert-OH is 1. The van der Waals surface area contributed by atoms with Crippen molar-refractivity contribution in [1.82, 2.24) is 0 Å². The van der Waals surface area contributed by atoms with E-state index in [0.717, 1.165) is 35.7 Å². The van der Waals surface area contributed by atoms with Crippen molar-refractivity contribution in [3.8, 4) is 11.5 Å². The Bertz CT molecular complexity index is 428. The lowest BCUT2D eigenvalue weighted by Crippen LogP contribution is -2.15. The molecule has 2 rings (SSSR count). The molecule has 1 aromatic rings. The third-order valence-electron chi connectivity index (χ3n) is 3.30. The van der Waals surface area contributed by atoms with Gasteiger partial charge in [-0.15, -0.1) is 0 Å². The Morgan fingerprint density at radius 2 is 2.05 bits per heavy atom. The molecule has 0 aliphatic carbocycles. The van der Waals surface area contributed by atoms with Crippen molar-refractivity contribution in [1.29, 1.82) is 0 Å². The van der Waals surface area contributed by atoms with Gasteiger partial charge in [-0.1, -0.05) is 13.0 Å². The van der Waals surface area contributed by atoms with E-state index in [-0.39, 0.29) is 12.6 Å². The molecule has 0 bridgehead atoms. The smallest absolute Gasteiger partial charge is 0.161 e. The first kappa shape index (κ1) is 15.5. The van der Waals surface area contributed by atoms with Crippen molar-refractivity contribution in [3.05, 3.63) is 23.8 Å². The van der Waals surface area contributed by atoms with Crippen molar-refractivity contribution in [2.45, 2.75) is 31.1 Å². The third kappa shape index (κ3) is 4.30. The molecule has 3 N–H and O–H groups in total. The molecule has 1 aromatic carbocycles. The van der Waals surface area contributed by atoms with Gasteiger partial charge in [0.2, 0.25) is 0 Å². The summed E-state index contributed by atoms with van der Waals surface area (Å²) in [6.07, 6.45) is 1.71. The molecule has 2 unspecified atom stereocenters. The largest absolute Gasteiger partial charge is 0.490 e. The number of fused-ring (bicyclic) bond motifs is 1. The van der Waals surface area contributed by atoms with E-state index in [1.807, 2.05) is 18.2 Å². The normalized spacial score (nSPS) is 17.4. The predicted octanol–water partition coefficient (Wildman–Crippen LogP) is 2.35. The summed E-state index contributed by atoms with van der Waals surface area (Å²) in [6.45, 7) is 3.73. The van der Waals surface area contributed by atoms with Gasteiger partial charge in [0, 0.05) is 30.1 Å². The second-order valence-corrected chi connectivity index (χ2v) is 6.49. The summed E-state index contributed by atoms with van der Waals surface area (Å²) < 4.78 is 11.3. The van der Waals surface area contributed by atoms with E-state index in [1.165, 1.54) is 0 Å². The highest BCUT2D eigenvalue weighted by Gasteiger charge is 2.14. The molecular formula is C15H23NO3S. The van der Waals surface area contributed by atoms with E-state index in [0.29, 0.717) is 18.5 Å². The Morgan fingerprint density at radius 3 is 2.80 bits per heavy atom. The van der Waals surface area contributed by atoms with Gasteiger partial charge in [0.05, 0.1) is 13.2 Å². The van der Waals surface area contributed by atoms with Crippen LogP contribution in [0.4, 0.5) is 0 Å². The number of benzene rings is 1. The zero-order chi connectivity index (χ0) is 14.4. The van der Waals surface area contributed by atoms with Gasteiger partial charge in [-0.3, -0.25) is 0 Å². The maximum atomic E-state index is 8.90. The van der Waals surface area contributed by atoms with Crippen LogP contribution >= 0.6 is 11.8 Å². The quantitative estimate of drug-likeness (QED) is 0.844. The molecule has 112 valence electrons. The lowest BCUT2D eigenvalue weighted by atomic mass is 10.1. The summed E-state index contributed by atoms with van der Waals surface area (Å²) in [4.78, 5) is 0. The van der Waals surface area contributed by atoms with Crippen LogP contribution in [0.3, 0.4) is 0 Å². The van der Waals surface area contributed by atoms with Crippen LogP contribution in [-0.4, -0.2) is 35.9 Å². The predicted molar refractivity (Wildman–Crippen MR) is 82.6 cm³/mol. The van der Waals surface area contributed by atoms with E-state index in [4.69, 9.17) is 20.3 Å². The molecule has 0 aromatic heterocycles. The van der Waals surface area contributed by atoms with Crippen LogP contribution in [-0.2, 0) is 0 Å². The van der Waals surface area contributed by atoms with Gasteiger partial charge in [-0.25, -0.2) is 0 Å². The molecule has 1 aliphatic heterocycles. The molecule has 0 saturated carbocycles. The average molecular weight is 297 g/mol. The summed E-state index contributed by atoms with van der Waals surface area (Å²) >= 11 is 1.79. The summed E-state index contributed by atoms with van der Waals surface area (Å²) in [6, 6.07) is 5.91. The maximum absolute atomic E-state index is 8.90. The van der Waals surface area contributed by atoms with Gasteiger partial charge < -0.3 is 20.3 Å². The Balaban J connectivity index is 1.96. The van der Waals surface area contributed by atoms with Gasteiger partial charge in [0.15, 0.2) is 11.5 Å². The second-order valence-electron chi connectivity index (χ2n) is 5.02. The van der Waals surface area contributed by atoms with Crippen LogP contribution in [0.1, 0.15) is 31.4 Å². The number of hydrogen-bond donors (Lipinski definition) is 2. The lowest BCUT2D eigenvalue weighted by molar-refractivity contribution is 0.289. The first-order valence-corrected chi connectivity index (χ1v) is 8.13. The van der Waals surface area contributed by atoms with Crippen LogP contribution in [0.2, 0.25) is 0 Å². The number of rotatable bonds is 6. The zero-order valence-corrected chi connectivity index (χ0v) is 12.7. The van der Waals surface area contributed by atoms with E-state index in [2.05, 4.69) is 6.92 Å². The van der Waals surface area contributed by atoms with Crippen molar-refractivity contribution in [2.24, 2.45) is 5.73 Å². The summed E-state index contributed by atoms with van der Waals surface area (Å²) in [5.74, 6) is 2.43. The van der Waals surface area contributed by atoms with Crippen molar-refractivity contribution in [3.63, 3.8) is 0 Å². The molecule has 5 heteroatoms. The molecule has 0 radical (unpaired) electrons. The van der Waals surface area contributed by atoms with Crippen LogP contribution in [0.25, 0.3) is 0 Å². The van der Waals surface area contributed by atoms with Gasteiger partial charge in [-0.05, 0) is 24.1 Å². The lowest BCUT2D eigenvalue weighted by Gasteiger charge is -2.16. The van der Waals surface area contributed by atoms with Gasteiger partial charge in [0.1, 0.15) is 0 Å². The van der Waals surface area contributed by atoms with Crippen molar-refractivity contribution >= 4 is 11.8 Å². The highest BCUT2D eigenvalue weighted by Crippen LogP contribution is 2.32. The molecule has 0 fully saturated rings. The number of nitrogens with two attached hydrogens (primary N) is 1. The first-order valence-electron chi connectivity index (χ1n) is 7.08. The van der Waals surface area contributed by atoms with E-state index in [9.17, 15) is 0 Å². The number of thioether (sulfide) groups is 1. The summed E-state index contributed by atoms with van der Waals surface area (Å²) in [5, 5.41) is 9.33. The van der Waals surface area contributed by atoms with Crippen LogP contribution in [0.15, 0.2) is 18.2 Å². The SMILES string of the molecule is CC(CCO)SCC(N)c1ccc2c(c1)OCCCO2. The zero-order valence-electron chi connectivity index (χ0n) is 11.9. The standard InChI is InChI=1S/C15H23NO3S/c1-11(5-6-17)20-10-13(16)12-3-4-14-15(9-12)19-8-2-7-18-14/h3-4,9,11,13,17H,2,5-8,10,16H2,1H3. The monoisotopic (exact) mass is 297 g/mol. The molecule has 0 amide bonds. The minimum Gasteiger partial charge on any atom is -0.490 e. The average Bonchev–Trinajstić information content (AvgIpc) is 2.69. The van der Waals surface area contributed by atoms with E-state index < -0.39 is 0 Å². The Hall–Kier alpha value is -0.910. The molecule has 0 spiro atoms. The van der Waals surface area contributed by atoms with Crippen LogP contribution in [0, 0.1) is 0 Å². The molecule has 2 atom stereocenters. The fourth-order valence-electron chi connectivity index (χ4n) is 2.04. The molecule has 20 heavy (non-hydrogen) atoms. The Morgan fingerprint density at radius 1 is 1.30 bits per heavy atom. The molecule has 4 nitrogen and oxygen atoms in total. The molecule has 0 saturated heterocycles. The van der Waals surface area contributed by atoms with Crippen LogP contribution < -0.4 is 15.2 Å². The van der Waals surface area contributed by atoms with Gasteiger partial charge in [-0.2, -0.15) is 11.8 Å². The Labute approximate surface area is 124 Å². The molecule has 1 aliphatic rings.